The van der Waals surface area contributed by atoms with Crippen molar-refractivity contribution in [2.45, 2.75) is 13.3 Å². The van der Waals surface area contributed by atoms with Crippen LogP contribution >= 0.6 is 0 Å². The molecule has 0 spiro atoms. The van der Waals surface area contributed by atoms with Crippen LogP contribution in [0.25, 0.3) is 10.8 Å². The highest BCUT2D eigenvalue weighted by Crippen LogP contribution is 2.18. The zero-order chi connectivity index (χ0) is 9.97. The molecule has 0 unspecified atom stereocenters. The van der Waals surface area contributed by atoms with Crippen LogP contribution in [-0.2, 0) is 11.2 Å². The summed E-state index contributed by atoms with van der Waals surface area (Å²) in [6.07, 6.45) is 0.529. The van der Waals surface area contributed by atoms with E-state index < -0.39 is 0 Å². The maximum Gasteiger partial charge on any atom is 0.134 e. The Morgan fingerprint density at radius 1 is 1.07 bits per heavy atom. The van der Waals surface area contributed by atoms with Crippen LogP contribution in [0.3, 0.4) is 0 Å². The predicted octanol–water partition coefficient (Wildman–Crippen LogP) is 2.97. The molecule has 2 aromatic rings. The number of carbonyl (C=O) groups is 1. The quantitative estimate of drug-likeness (QED) is 0.701. The summed E-state index contributed by atoms with van der Waals surface area (Å²) in [4.78, 5) is 11.1. The summed E-state index contributed by atoms with van der Waals surface area (Å²) in [6.45, 7) is 1.63. The first-order chi connectivity index (χ1) is 6.77. The van der Waals surface area contributed by atoms with Gasteiger partial charge < -0.3 is 0 Å². The first-order valence-electron chi connectivity index (χ1n) is 4.73. The van der Waals surface area contributed by atoms with Crippen LogP contribution in [0.2, 0.25) is 0 Å². The first kappa shape index (κ1) is 8.95. The van der Waals surface area contributed by atoms with Crippen LogP contribution in [0.15, 0.2) is 42.5 Å². The van der Waals surface area contributed by atoms with Crippen molar-refractivity contribution in [2.24, 2.45) is 0 Å². The number of rotatable bonds is 2. The summed E-state index contributed by atoms with van der Waals surface area (Å²) >= 11 is 0. The van der Waals surface area contributed by atoms with E-state index in [9.17, 15) is 4.79 Å². The Morgan fingerprint density at radius 2 is 1.79 bits per heavy atom. The molecule has 2 aromatic carbocycles. The third-order valence-corrected chi connectivity index (χ3v) is 2.32. The third-order valence-electron chi connectivity index (χ3n) is 2.32. The van der Waals surface area contributed by atoms with Gasteiger partial charge in [-0.3, -0.25) is 4.79 Å². The molecular weight excluding hydrogens is 172 g/mol. The van der Waals surface area contributed by atoms with Gasteiger partial charge in [0.2, 0.25) is 0 Å². The molecular formula is C13H12O. The molecule has 70 valence electrons. The van der Waals surface area contributed by atoms with E-state index in [1.165, 1.54) is 10.8 Å². The van der Waals surface area contributed by atoms with Gasteiger partial charge in [0.25, 0.3) is 0 Å². The molecule has 1 nitrogen and oxygen atoms in total. The number of hydrogen-bond donors (Lipinski definition) is 0. The number of benzene rings is 2. The number of carbonyl (C=O) groups excluding carboxylic acids is 1. The van der Waals surface area contributed by atoms with E-state index in [-0.39, 0.29) is 5.78 Å². The van der Waals surface area contributed by atoms with Crippen molar-refractivity contribution in [3.63, 3.8) is 0 Å². The van der Waals surface area contributed by atoms with Crippen molar-refractivity contribution in [1.29, 1.82) is 0 Å². The number of Topliss-reactive ketones (excluding diaryl/α,β-unsaturated/α-hetero) is 1. The first-order valence-corrected chi connectivity index (χ1v) is 4.73. The summed E-state index contributed by atoms with van der Waals surface area (Å²) < 4.78 is 0. The molecule has 0 radical (unpaired) electrons. The second-order valence-corrected chi connectivity index (χ2v) is 3.52. The van der Waals surface area contributed by atoms with E-state index in [1.54, 1.807) is 6.92 Å². The van der Waals surface area contributed by atoms with Gasteiger partial charge in [0.15, 0.2) is 0 Å². The van der Waals surface area contributed by atoms with Gasteiger partial charge in [0.1, 0.15) is 5.78 Å². The molecule has 0 heterocycles. The van der Waals surface area contributed by atoms with Crippen molar-refractivity contribution in [2.75, 3.05) is 0 Å². The topological polar surface area (TPSA) is 17.1 Å². The minimum absolute atomic E-state index is 0.210. The molecule has 1 heteroatoms. The van der Waals surface area contributed by atoms with E-state index in [0.29, 0.717) is 6.42 Å². The molecule has 0 atom stereocenters. The molecule has 0 aliphatic rings. The van der Waals surface area contributed by atoms with Gasteiger partial charge in [0.05, 0.1) is 0 Å². The van der Waals surface area contributed by atoms with Crippen LogP contribution in [0.5, 0.6) is 0 Å². The molecule has 0 fully saturated rings. The Bertz CT molecular complexity index is 466. The van der Waals surface area contributed by atoms with E-state index in [4.69, 9.17) is 0 Å². The molecule has 0 saturated carbocycles. The second-order valence-electron chi connectivity index (χ2n) is 3.52. The second kappa shape index (κ2) is 3.62. The lowest BCUT2D eigenvalue weighted by molar-refractivity contribution is -0.116. The van der Waals surface area contributed by atoms with Crippen molar-refractivity contribution in [1.82, 2.24) is 0 Å². The predicted molar refractivity (Wildman–Crippen MR) is 58.3 cm³/mol. The molecule has 0 amide bonds. The smallest absolute Gasteiger partial charge is 0.134 e. The Labute approximate surface area is 83.4 Å². The van der Waals surface area contributed by atoms with Crippen LogP contribution in [0.1, 0.15) is 12.5 Å². The fourth-order valence-electron chi connectivity index (χ4n) is 1.71. The molecule has 2 rings (SSSR count). The van der Waals surface area contributed by atoms with Crippen LogP contribution in [0.4, 0.5) is 0 Å². The molecule has 0 bridgehead atoms. The monoisotopic (exact) mass is 184 g/mol. The van der Waals surface area contributed by atoms with Gasteiger partial charge in [-0.2, -0.15) is 0 Å². The minimum Gasteiger partial charge on any atom is -0.300 e. The zero-order valence-corrected chi connectivity index (χ0v) is 8.16. The average Bonchev–Trinajstić information content (AvgIpc) is 2.18. The van der Waals surface area contributed by atoms with Gasteiger partial charge in [-0.15, -0.1) is 0 Å². The fourth-order valence-corrected chi connectivity index (χ4v) is 1.71. The maximum atomic E-state index is 11.1. The molecule has 0 aliphatic carbocycles. The molecule has 0 N–H and O–H groups in total. The number of hydrogen-bond acceptors (Lipinski definition) is 1. The SMILES string of the molecule is CC(=O)Cc1cccc2ccccc12. The van der Waals surface area contributed by atoms with E-state index >= 15 is 0 Å². The summed E-state index contributed by atoms with van der Waals surface area (Å²) in [7, 11) is 0. The van der Waals surface area contributed by atoms with Crippen LogP contribution in [-0.4, -0.2) is 5.78 Å². The Kier molecular flexibility index (Phi) is 2.32. The molecule has 0 aromatic heterocycles. The number of fused-ring (bicyclic) bond motifs is 1. The molecule has 0 aliphatic heterocycles. The fraction of sp³-hybridized carbons (Fsp3) is 0.154. The molecule has 0 saturated heterocycles. The normalized spacial score (nSPS) is 10.4. The summed E-state index contributed by atoms with van der Waals surface area (Å²) in [5.41, 5.74) is 1.12. The highest BCUT2D eigenvalue weighted by atomic mass is 16.1. The zero-order valence-electron chi connectivity index (χ0n) is 8.16. The molecule has 14 heavy (non-hydrogen) atoms. The average molecular weight is 184 g/mol. The van der Waals surface area contributed by atoms with Gasteiger partial charge in [0, 0.05) is 6.42 Å². The van der Waals surface area contributed by atoms with Gasteiger partial charge in [-0.25, -0.2) is 0 Å². The third kappa shape index (κ3) is 1.67. The van der Waals surface area contributed by atoms with Crippen molar-refractivity contribution >= 4 is 16.6 Å². The lowest BCUT2D eigenvalue weighted by Gasteiger charge is -2.03. The van der Waals surface area contributed by atoms with Gasteiger partial charge >= 0.3 is 0 Å². The van der Waals surface area contributed by atoms with Crippen molar-refractivity contribution in [3.8, 4) is 0 Å². The maximum absolute atomic E-state index is 11.1. The van der Waals surface area contributed by atoms with Crippen LogP contribution < -0.4 is 0 Å². The summed E-state index contributed by atoms with van der Waals surface area (Å²) in [6, 6.07) is 14.2. The standard InChI is InChI=1S/C13H12O/c1-10(14)9-12-7-4-6-11-5-2-3-8-13(11)12/h2-8H,9H2,1H3. The summed E-state index contributed by atoms with van der Waals surface area (Å²) in [5.74, 6) is 0.210. The Balaban J connectivity index is 2.59. The summed E-state index contributed by atoms with van der Waals surface area (Å²) in [5, 5.41) is 2.39. The van der Waals surface area contributed by atoms with Gasteiger partial charge in [-0.05, 0) is 23.3 Å². The number of ketones is 1. The van der Waals surface area contributed by atoms with Crippen molar-refractivity contribution < 1.29 is 4.79 Å². The largest absolute Gasteiger partial charge is 0.300 e. The Hall–Kier alpha value is -1.63. The van der Waals surface area contributed by atoms with Crippen LogP contribution in [0, 0.1) is 0 Å². The highest BCUT2D eigenvalue weighted by Gasteiger charge is 2.01. The van der Waals surface area contributed by atoms with Gasteiger partial charge in [-0.1, -0.05) is 42.5 Å². The van der Waals surface area contributed by atoms with Crippen molar-refractivity contribution in [3.05, 3.63) is 48.0 Å². The van der Waals surface area contributed by atoms with E-state index in [0.717, 1.165) is 5.56 Å². The Morgan fingerprint density at radius 3 is 2.57 bits per heavy atom. The lowest BCUT2D eigenvalue weighted by Crippen LogP contribution is -1.96. The minimum atomic E-state index is 0.210. The highest BCUT2D eigenvalue weighted by molar-refractivity contribution is 5.90. The van der Waals surface area contributed by atoms with E-state index in [2.05, 4.69) is 18.2 Å². The van der Waals surface area contributed by atoms with E-state index in [1.807, 2.05) is 24.3 Å². The lowest BCUT2D eigenvalue weighted by atomic mass is 10.0.